The van der Waals surface area contributed by atoms with Gasteiger partial charge in [0.15, 0.2) is 0 Å². The lowest BCUT2D eigenvalue weighted by Gasteiger charge is -2.34. The van der Waals surface area contributed by atoms with Crippen molar-refractivity contribution in [1.82, 2.24) is 5.32 Å². The fourth-order valence-electron chi connectivity index (χ4n) is 5.41. The summed E-state index contributed by atoms with van der Waals surface area (Å²) in [6, 6.07) is 0. The molecule has 0 unspecified atom stereocenters. The van der Waals surface area contributed by atoms with Gasteiger partial charge in [-0.3, -0.25) is 14.4 Å². The summed E-state index contributed by atoms with van der Waals surface area (Å²) in [6.45, 7) is 7.26. The minimum Gasteiger partial charge on any atom is -0.463 e. The van der Waals surface area contributed by atoms with E-state index in [1.807, 2.05) is 0 Å². The first-order valence-electron chi connectivity index (χ1n) is 17.4. The Hall–Kier alpha value is -1.59. The maximum Gasteiger partial charge on any atom is 0.302 e. The summed E-state index contributed by atoms with van der Waals surface area (Å²) in [4.78, 5) is 36.1. The number of hydrogen-bond donors (Lipinski definition) is 1. The molecule has 0 heterocycles. The number of carbonyl (C=O) groups excluding carboxylic acids is 3. The van der Waals surface area contributed by atoms with Gasteiger partial charge in [0.2, 0.25) is 5.91 Å². The van der Waals surface area contributed by atoms with Crippen molar-refractivity contribution >= 4 is 17.8 Å². The van der Waals surface area contributed by atoms with Crippen LogP contribution in [0.2, 0.25) is 0 Å². The minimum absolute atomic E-state index is 0.0249. The van der Waals surface area contributed by atoms with Crippen LogP contribution in [0.5, 0.6) is 0 Å². The van der Waals surface area contributed by atoms with E-state index in [-0.39, 0.29) is 19.1 Å². The van der Waals surface area contributed by atoms with E-state index in [2.05, 4.69) is 19.2 Å². The van der Waals surface area contributed by atoms with Crippen molar-refractivity contribution < 1.29 is 23.9 Å². The van der Waals surface area contributed by atoms with E-state index < -0.39 is 17.5 Å². The van der Waals surface area contributed by atoms with Gasteiger partial charge < -0.3 is 14.8 Å². The number of rotatable bonds is 30. The van der Waals surface area contributed by atoms with Gasteiger partial charge in [0.1, 0.15) is 18.8 Å². The molecule has 0 spiro atoms. The molecule has 0 aliphatic rings. The number of ether oxygens (including phenoxy) is 2. The molecule has 0 fully saturated rings. The first kappa shape index (κ1) is 39.4. The van der Waals surface area contributed by atoms with Gasteiger partial charge in [-0.25, -0.2) is 0 Å². The molecule has 0 aromatic carbocycles. The average molecular weight is 582 g/mol. The second-order valence-corrected chi connectivity index (χ2v) is 12.3. The van der Waals surface area contributed by atoms with Crippen LogP contribution in [-0.4, -0.2) is 36.6 Å². The molecule has 0 radical (unpaired) electrons. The third kappa shape index (κ3) is 27.0. The highest BCUT2D eigenvalue weighted by Crippen LogP contribution is 2.20. The summed E-state index contributed by atoms with van der Waals surface area (Å²) in [7, 11) is 0. The van der Waals surface area contributed by atoms with Gasteiger partial charge in [-0.15, -0.1) is 0 Å². The smallest absolute Gasteiger partial charge is 0.302 e. The van der Waals surface area contributed by atoms with Crippen LogP contribution >= 0.6 is 0 Å². The van der Waals surface area contributed by atoms with Gasteiger partial charge in [-0.2, -0.15) is 0 Å². The van der Waals surface area contributed by atoms with Crippen LogP contribution in [0.25, 0.3) is 0 Å². The number of amides is 1. The van der Waals surface area contributed by atoms with Crippen molar-refractivity contribution in [3.05, 3.63) is 0 Å². The van der Waals surface area contributed by atoms with E-state index in [1.165, 1.54) is 123 Å². The van der Waals surface area contributed by atoms with Gasteiger partial charge in [0.25, 0.3) is 0 Å². The molecule has 0 aliphatic carbocycles. The maximum atomic E-state index is 12.9. The molecule has 0 saturated carbocycles. The highest BCUT2D eigenvalue weighted by atomic mass is 16.5. The van der Waals surface area contributed by atoms with Gasteiger partial charge >= 0.3 is 11.9 Å². The van der Waals surface area contributed by atoms with Crippen LogP contribution in [0.1, 0.15) is 188 Å². The Balaban J connectivity index is 4.36. The van der Waals surface area contributed by atoms with Crippen molar-refractivity contribution in [2.24, 2.45) is 0 Å². The zero-order valence-corrected chi connectivity index (χ0v) is 27.6. The molecule has 6 nitrogen and oxygen atoms in total. The largest absolute Gasteiger partial charge is 0.463 e. The number of hydrogen-bond acceptors (Lipinski definition) is 5. The molecule has 242 valence electrons. The monoisotopic (exact) mass is 582 g/mol. The fraction of sp³-hybridized carbons (Fsp3) is 0.914. The third-order valence-corrected chi connectivity index (χ3v) is 8.02. The lowest BCUT2D eigenvalue weighted by molar-refractivity contribution is -0.150. The first-order valence-corrected chi connectivity index (χ1v) is 17.4. The Bertz CT molecular complexity index is 618. The van der Waals surface area contributed by atoms with Crippen molar-refractivity contribution in [1.29, 1.82) is 0 Å². The third-order valence-electron chi connectivity index (χ3n) is 8.02. The van der Waals surface area contributed by atoms with E-state index in [4.69, 9.17) is 9.47 Å². The summed E-state index contributed by atoms with van der Waals surface area (Å²) in [5.74, 6) is -0.856. The van der Waals surface area contributed by atoms with E-state index in [1.54, 1.807) is 0 Å². The van der Waals surface area contributed by atoms with Crippen molar-refractivity contribution in [3.63, 3.8) is 0 Å². The quantitative estimate of drug-likeness (QED) is 0.0674. The Morgan fingerprint density at radius 1 is 0.488 bits per heavy atom. The van der Waals surface area contributed by atoms with Gasteiger partial charge in [0, 0.05) is 20.3 Å². The molecule has 0 aromatic heterocycles. The molecule has 41 heavy (non-hydrogen) atoms. The summed E-state index contributed by atoms with van der Waals surface area (Å²) < 4.78 is 10.7. The molecule has 1 N–H and O–H groups in total. The van der Waals surface area contributed by atoms with E-state index in [0.29, 0.717) is 12.8 Å². The highest BCUT2D eigenvalue weighted by Gasteiger charge is 2.34. The minimum atomic E-state index is -0.869. The number of unbranched alkanes of at least 4 members (excludes halogenated alkanes) is 21. The van der Waals surface area contributed by atoms with Crippen molar-refractivity contribution in [2.75, 3.05) is 13.2 Å². The SMILES string of the molecule is CCCCCCCCCCCCCCCCCCC(COC(C)=O)(COC(C)=O)NC(=O)CCCCCCCCC. The molecule has 0 aromatic rings. The second-order valence-electron chi connectivity index (χ2n) is 12.3. The highest BCUT2D eigenvalue weighted by molar-refractivity contribution is 5.77. The molecule has 0 saturated heterocycles. The van der Waals surface area contributed by atoms with Gasteiger partial charge in [-0.05, 0) is 12.8 Å². The number of nitrogens with one attached hydrogen (secondary N) is 1. The standard InChI is InChI=1S/C35H67NO5/c1-5-7-9-11-13-14-15-16-17-18-19-20-21-23-25-27-29-35(30-40-32(3)37,31-41-33(4)38)36-34(39)28-26-24-22-12-10-8-6-2/h5-31H2,1-4H3,(H,36,39). The van der Waals surface area contributed by atoms with Crippen LogP contribution in [-0.2, 0) is 23.9 Å². The van der Waals surface area contributed by atoms with Crippen LogP contribution < -0.4 is 5.32 Å². The Labute approximate surface area is 253 Å². The summed E-state index contributed by atoms with van der Waals surface area (Å²) in [5.41, 5.74) is -0.869. The summed E-state index contributed by atoms with van der Waals surface area (Å²) >= 11 is 0. The second kappa shape index (κ2) is 28.5. The van der Waals surface area contributed by atoms with Gasteiger partial charge in [0.05, 0.1) is 0 Å². The molecule has 0 rings (SSSR count). The van der Waals surface area contributed by atoms with E-state index in [9.17, 15) is 14.4 Å². The molecule has 1 amide bonds. The van der Waals surface area contributed by atoms with Crippen LogP contribution in [0.15, 0.2) is 0 Å². The first-order chi connectivity index (χ1) is 19.8. The molecule has 0 aliphatic heterocycles. The molecule has 6 heteroatoms. The Kier molecular flexibility index (Phi) is 27.4. The van der Waals surface area contributed by atoms with Crippen LogP contribution in [0, 0.1) is 0 Å². The Morgan fingerprint density at radius 3 is 1.15 bits per heavy atom. The fourth-order valence-corrected chi connectivity index (χ4v) is 5.41. The van der Waals surface area contributed by atoms with Crippen LogP contribution in [0.4, 0.5) is 0 Å². The lowest BCUT2D eigenvalue weighted by Crippen LogP contribution is -2.55. The van der Waals surface area contributed by atoms with Crippen molar-refractivity contribution in [2.45, 2.75) is 194 Å². The lowest BCUT2D eigenvalue weighted by atomic mass is 9.92. The molecular weight excluding hydrogens is 514 g/mol. The molecular formula is C35H67NO5. The van der Waals surface area contributed by atoms with E-state index in [0.717, 1.165) is 38.5 Å². The maximum absolute atomic E-state index is 12.9. The topological polar surface area (TPSA) is 81.7 Å². The normalized spacial score (nSPS) is 11.4. The number of esters is 2. The zero-order chi connectivity index (χ0) is 30.4. The predicted octanol–water partition coefficient (Wildman–Crippen LogP) is 9.76. The summed E-state index contributed by atoms with van der Waals surface area (Å²) in [6.07, 6.45) is 29.8. The average Bonchev–Trinajstić information content (AvgIpc) is 2.94. The van der Waals surface area contributed by atoms with E-state index >= 15 is 0 Å². The predicted molar refractivity (Wildman–Crippen MR) is 171 cm³/mol. The van der Waals surface area contributed by atoms with Crippen molar-refractivity contribution in [3.8, 4) is 0 Å². The molecule has 0 atom stereocenters. The van der Waals surface area contributed by atoms with Gasteiger partial charge in [-0.1, -0.05) is 155 Å². The number of carbonyl (C=O) groups is 3. The van der Waals surface area contributed by atoms with Crippen LogP contribution in [0.3, 0.4) is 0 Å². The Morgan fingerprint density at radius 2 is 0.805 bits per heavy atom. The zero-order valence-electron chi connectivity index (χ0n) is 27.6. The molecule has 0 bridgehead atoms. The summed E-state index contributed by atoms with van der Waals surface area (Å²) in [5, 5.41) is 3.11.